The molecule has 0 aromatic heterocycles. The summed E-state index contributed by atoms with van der Waals surface area (Å²) < 4.78 is 28.7. The number of aliphatic carboxylic acids is 2. The molecule has 0 aliphatic heterocycles. The van der Waals surface area contributed by atoms with Gasteiger partial charge < -0.3 is 15.0 Å². The first-order chi connectivity index (χ1) is 10.0. The van der Waals surface area contributed by atoms with E-state index in [-0.39, 0.29) is 69.1 Å². The third-order valence-corrected chi connectivity index (χ3v) is 3.32. The molecule has 0 rings (SSSR count). The maximum absolute atomic E-state index is 10.2. The van der Waals surface area contributed by atoms with Gasteiger partial charge in [-0.05, 0) is 38.2 Å². The van der Waals surface area contributed by atoms with E-state index in [0.717, 1.165) is 12.8 Å². The molecule has 0 aliphatic carbocycles. The summed E-state index contributed by atoms with van der Waals surface area (Å²) in [5.74, 6) is -2.50. The van der Waals surface area contributed by atoms with Crippen LogP contribution in [0.2, 0.25) is 0 Å². The molecule has 0 saturated carbocycles. The standard InChI is InChI=1S/C7H12O5S.C7H12O2.K/c1-6(7(8)9)4-2-3-5-13(10,11)12;1-3-4-5-6(2)7(8)9;/h4H,2-3,5H2,1H3,(H,8,9)(H,10,11,12);2-5H2,1H3,(H,8,9);/q;;+1/p-1. The minimum Gasteiger partial charge on any atom is -0.545 e. The monoisotopic (exact) mass is 374 g/mol. The molecule has 0 bridgehead atoms. The SMILES string of the molecule is C=C(CCCC)C(=O)O.CC(=CCCCS(=O)(=O)O)C(=O)[O-].[K+]. The Morgan fingerprint density at radius 3 is 2.13 bits per heavy atom. The number of carbonyl (C=O) groups excluding carboxylic acids is 1. The average molecular weight is 374 g/mol. The van der Waals surface area contributed by atoms with E-state index < -0.39 is 22.1 Å². The number of carbonyl (C=O) groups is 2. The molecule has 0 aromatic rings. The maximum atomic E-state index is 10.2. The largest absolute Gasteiger partial charge is 1.00 e. The summed E-state index contributed by atoms with van der Waals surface area (Å²) in [5.41, 5.74) is 0.382. The Balaban J connectivity index is -0.000000354. The fourth-order valence-electron chi connectivity index (χ4n) is 1.16. The van der Waals surface area contributed by atoms with Gasteiger partial charge in [0.25, 0.3) is 10.1 Å². The van der Waals surface area contributed by atoms with Gasteiger partial charge in [-0.3, -0.25) is 4.55 Å². The van der Waals surface area contributed by atoms with Crippen molar-refractivity contribution in [2.75, 3.05) is 5.75 Å². The zero-order chi connectivity index (χ0) is 17.8. The van der Waals surface area contributed by atoms with E-state index in [1.165, 1.54) is 13.0 Å². The van der Waals surface area contributed by atoms with Crippen LogP contribution < -0.4 is 56.5 Å². The van der Waals surface area contributed by atoms with Gasteiger partial charge in [0, 0.05) is 5.57 Å². The second-order valence-corrected chi connectivity index (χ2v) is 6.19. The predicted octanol–water partition coefficient (Wildman–Crippen LogP) is -1.83. The van der Waals surface area contributed by atoms with Crippen molar-refractivity contribution in [1.82, 2.24) is 0 Å². The minimum absolute atomic E-state index is 0. The molecular weight excluding hydrogens is 351 g/mol. The maximum Gasteiger partial charge on any atom is 1.00 e. The smallest absolute Gasteiger partial charge is 0.545 e. The molecule has 0 spiro atoms. The third kappa shape index (κ3) is 22.0. The van der Waals surface area contributed by atoms with Crippen molar-refractivity contribution < 1.29 is 84.2 Å². The quantitative estimate of drug-likeness (QED) is 0.210. The molecule has 0 heterocycles. The first-order valence-electron chi connectivity index (χ1n) is 6.75. The number of unbranched alkanes of at least 4 members (excludes halogenated alkanes) is 2. The summed E-state index contributed by atoms with van der Waals surface area (Å²) in [6, 6.07) is 0. The number of allylic oxidation sites excluding steroid dienone is 1. The molecule has 0 atom stereocenters. The van der Waals surface area contributed by atoms with E-state index in [4.69, 9.17) is 9.66 Å². The normalized spacial score (nSPS) is 10.8. The molecule has 7 nitrogen and oxygen atoms in total. The minimum atomic E-state index is -3.93. The summed E-state index contributed by atoms with van der Waals surface area (Å²) in [4.78, 5) is 20.2. The first kappa shape index (κ1) is 27.8. The summed E-state index contributed by atoms with van der Waals surface area (Å²) in [5, 5.41) is 18.5. The van der Waals surface area contributed by atoms with Gasteiger partial charge in [-0.15, -0.1) is 0 Å². The molecule has 23 heavy (non-hydrogen) atoms. The van der Waals surface area contributed by atoms with E-state index in [1.54, 1.807) is 0 Å². The topological polar surface area (TPSA) is 132 Å². The first-order valence-corrected chi connectivity index (χ1v) is 8.36. The molecule has 0 amide bonds. The van der Waals surface area contributed by atoms with Crippen molar-refractivity contribution in [3.05, 3.63) is 23.8 Å². The molecule has 128 valence electrons. The molecule has 0 aliphatic rings. The summed E-state index contributed by atoms with van der Waals surface area (Å²) in [6.45, 7) is 6.78. The number of hydrogen-bond donors (Lipinski definition) is 2. The van der Waals surface area contributed by atoms with Crippen LogP contribution >= 0.6 is 0 Å². The average Bonchev–Trinajstić information content (AvgIpc) is 2.40. The van der Waals surface area contributed by atoms with Crippen LogP contribution in [-0.4, -0.2) is 35.8 Å². The fourth-order valence-corrected chi connectivity index (χ4v) is 1.70. The number of carboxylic acid groups (broad SMARTS) is 2. The van der Waals surface area contributed by atoms with Crippen LogP contribution in [0.5, 0.6) is 0 Å². The van der Waals surface area contributed by atoms with Crippen molar-refractivity contribution >= 4 is 22.1 Å². The second kappa shape index (κ2) is 15.5. The van der Waals surface area contributed by atoms with Crippen LogP contribution in [-0.2, 0) is 19.7 Å². The van der Waals surface area contributed by atoms with Gasteiger partial charge in [0.05, 0.1) is 11.7 Å². The summed E-state index contributed by atoms with van der Waals surface area (Å²) >= 11 is 0. The number of carboxylic acids is 2. The van der Waals surface area contributed by atoms with E-state index >= 15 is 0 Å². The molecule has 2 N–H and O–H groups in total. The van der Waals surface area contributed by atoms with Crippen molar-refractivity contribution in [3.63, 3.8) is 0 Å². The van der Waals surface area contributed by atoms with E-state index in [2.05, 4.69) is 6.58 Å². The van der Waals surface area contributed by atoms with Crippen LogP contribution in [0.25, 0.3) is 0 Å². The van der Waals surface area contributed by atoms with E-state index in [1.807, 2.05) is 6.92 Å². The Hall–Kier alpha value is -0.0336. The Morgan fingerprint density at radius 2 is 1.78 bits per heavy atom. The van der Waals surface area contributed by atoms with Gasteiger partial charge in [-0.1, -0.05) is 26.0 Å². The van der Waals surface area contributed by atoms with Crippen LogP contribution in [0, 0.1) is 0 Å². The van der Waals surface area contributed by atoms with Crippen molar-refractivity contribution in [1.29, 1.82) is 0 Å². The Bertz CT molecular complexity index is 509. The van der Waals surface area contributed by atoms with Crippen LogP contribution in [0.1, 0.15) is 46.0 Å². The molecule has 0 fully saturated rings. The van der Waals surface area contributed by atoms with Gasteiger partial charge in [0.1, 0.15) is 0 Å². The van der Waals surface area contributed by atoms with Gasteiger partial charge >= 0.3 is 57.4 Å². The summed E-state index contributed by atoms with van der Waals surface area (Å²) in [6.07, 6.45) is 4.41. The molecule has 9 heteroatoms. The zero-order valence-electron chi connectivity index (χ0n) is 13.9. The molecule has 0 unspecified atom stereocenters. The Morgan fingerprint density at radius 1 is 1.26 bits per heavy atom. The van der Waals surface area contributed by atoms with Gasteiger partial charge in [0.15, 0.2) is 0 Å². The number of hydrogen-bond acceptors (Lipinski definition) is 5. The molecule has 0 radical (unpaired) electrons. The third-order valence-electron chi connectivity index (χ3n) is 2.51. The Kier molecular flexibility index (Phi) is 18.7. The fraction of sp³-hybridized carbons (Fsp3) is 0.571. The number of rotatable bonds is 9. The van der Waals surface area contributed by atoms with E-state index in [9.17, 15) is 23.1 Å². The van der Waals surface area contributed by atoms with E-state index in [0.29, 0.717) is 18.4 Å². The van der Waals surface area contributed by atoms with Crippen molar-refractivity contribution in [3.8, 4) is 0 Å². The van der Waals surface area contributed by atoms with Gasteiger partial charge in [-0.25, -0.2) is 4.79 Å². The summed E-state index contributed by atoms with van der Waals surface area (Å²) in [7, 11) is -3.93. The van der Waals surface area contributed by atoms with Crippen LogP contribution in [0.4, 0.5) is 0 Å². The Labute approximate surface area is 180 Å². The zero-order valence-corrected chi connectivity index (χ0v) is 17.8. The van der Waals surface area contributed by atoms with Gasteiger partial charge in [0.2, 0.25) is 0 Å². The molecule has 0 saturated heterocycles. The predicted molar refractivity (Wildman–Crippen MR) is 80.7 cm³/mol. The van der Waals surface area contributed by atoms with Crippen molar-refractivity contribution in [2.45, 2.75) is 46.0 Å². The molecule has 0 aromatic carbocycles. The van der Waals surface area contributed by atoms with Crippen LogP contribution in [0.3, 0.4) is 0 Å². The van der Waals surface area contributed by atoms with Crippen molar-refractivity contribution in [2.24, 2.45) is 0 Å². The van der Waals surface area contributed by atoms with Crippen LogP contribution in [0.15, 0.2) is 23.8 Å². The molecular formula is C14H23KO7S. The second-order valence-electron chi connectivity index (χ2n) is 4.62. The van der Waals surface area contributed by atoms with Gasteiger partial charge in [-0.2, -0.15) is 8.42 Å².